The molecular formula is C18H21BrN4O3. The molecule has 1 aromatic carbocycles. The van der Waals surface area contributed by atoms with Crippen LogP contribution in [-0.2, 0) is 16.6 Å². The third-order valence-electron chi connectivity index (χ3n) is 4.32. The first-order valence-electron chi connectivity index (χ1n) is 8.43. The molecule has 3 atom stereocenters. The molecule has 3 rings (SSSR count). The third kappa shape index (κ3) is 4.24. The molecule has 1 aliphatic rings. The number of para-hydroxylation sites is 1. The van der Waals surface area contributed by atoms with Crippen LogP contribution in [0.2, 0.25) is 0 Å². The SMILES string of the molecule is C[C@@H](Oc1ccccc1Br)C(=O)N[C@H]1CCC(=O)N[C@@H]1c1cnn(C)c1. The van der Waals surface area contributed by atoms with Gasteiger partial charge in [0.05, 0.1) is 22.8 Å². The molecule has 0 saturated carbocycles. The summed E-state index contributed by atoms with van der Waals surface area (Å²) in [5, 5.41) is 10.1. The molecule has 2 heterocycles. The Hall–Kier alpha value is -2.35. The lowest BCUT2D eigenvalue weighted by Gasteiger charge is -2.33. The molecule has 8 heteroatoms. The monoisotopic (exact) mass is 420 g/mol. The minimum absolute atomic E-state index is 0.0260. The van der Waals surface area contributed by atoms with Gasteiger partial charge < -0.3 is 15.4 Å². The Labute approximate surface area is 160 Å². The van der Waals surface area contributed by atoms with Crippen LogP contribution in [0.15, 0.2) is 41.1 Å². The van der Waals surface area contributed by atoms with Crippen molar-refractivity contribution >= 4 is 27.7 Å². The normalized spacial score (nSPS) is 21.0. The highest BCUT2D eigenvalue weighted by atomic mass is 79.9. The summed E-state index contributed by atoms with van der Waals surface area (Å²) in [5.41, 5.74) is 0.866. The number of amides is 2. The fraction of sp³-hybridized carbons (Fsp3) is 0.389. The quantitative estimate of drug-likeness (QED) is 0.775. The molecule has 0 bridgehead atoms. The predicted molar refractivity (Wildman–Crippen MR) is 99.5 cm³/mol. The van der Waals surface area contributed by atoms with E-state index in [2.05, 4.69) is 31.7 Å². The number of hydrogen-bond acceptors (Lipinski definition) is 4. The van der Waals surface area contributed by atoms with E-state index in [-0.39, 0.29) is 23.9 Å². The molecule has 0 unspecified atom stereocenters. The van der Waals surface area contributed by atoms with Crippen molar-refractivity contribution in [3.8, 4) is 5.75 Å². The van der Waals surface area contributed by atoms with Crippen molar-refractivity contribution in [1.29, 1.82) is 0 Å². The van der Waals surface area contributed by atoms with Crippen LogP contribution in [0.4, 0.5) is 0 Å². The molecule has 1 aliphatic heterocycles. The van der Waals surface area contributed by atoms with E-state index in [0.29, 0.717) is 18.6 Å². The molecule has 1 aromatic heterocycles. The number of carbonyl (C=O) groups excluding carboxylic acids is 2. The molecule has 7 nitrogen and oxygen atoms in total. The van der Waals surface area contributed by atoms with Gasteiger partial charge >= 0.3 is 0 Å². The van der Waals surface area contributed by atoms with Gasteiger partial charge in [0, 0.05) is 25.2 Å². The largest absolute Gasteiger partial charge is 0.480 e. The minimum atomic E-state index is -0.666. The maximum absolute atomic E-state index is 12.6. The number of aromatic nitrogens is 2. The van der Waals surface area contributed by atoms with Crippen molar-refractivity contribution in [1.82, 2.24) is 20.4 Å². The zero-order valence-electron chi connectivity index (χ0n) is 14.6. The second kappa shape index (κ2) is 7.90. The van der Waals surface area contributed by atoms with E-state index in [9.17, 15) is 9.59 Å². The molecule has 1 saturated heterocycles. The summed E-state index contributed by atoms with van der Waals surface area (Å²) in [4.78, 5) is 24.4. The van der Waals surface area contributed by atoms with Crippen molar-refractivity contribution in [3.63, 3.8) is 0 Å². The van der Waals surface area contributed by atoms with E-state index < -0.39 is 6.10 Å². The van der Waals surface area contributed by atoms with Crippen molar-refractivity contribution in [2.75, 3.05) is 0 Å². The molecule has 2 amide bonds. The van der Waals surface area contributed by atoms with E-state index in [1.807, 2.05) is 31.4 Å². The van der Waals surface area contributed by atoms with Crippen LogP contribution in [0.25, 0.3) is 0 Å². The number of nitrogens with one attached hydrogen (secondary N) is 2. The molecule has 2 N–H and O–H groups in total. The number of piperidine rings is 1. The van der Waals surface area contributed by atoms with Crippen molar-refractivity contribution < 1.29 is 14.3 Å². The molecule has 0 aliphatic carbocycles. The molecule has 138 valence electrons. The summed E-state index contributed by atoms with van der Waals surface area (Å²) in [6.07, 6.45) is 3.83. The molecular weight excluding hydrogens is 400 g/mol. The predicted octanol–water partition coefficient (Wildman–Crippen LogP) is 2.09. The highest BCUT2D eigenvalue weighted by Gasteiger charge is 2.33. The lowest BCUT2D eigenvalue weighted by Crippen LogP contribution is -2.52. The molecule has 2 aromatic rings. The van der Waals surface area contributed by atoms with E-state index >= 15 is 0 Å². The second-order valence-electron chi connectivity index (χ2n) is 6.34. The van der Waals surface area contributed by atoms with Gasteiger partial charge in [0.25, 0.3) is 5.91 Å². The van der Waals surface area contributed by atoms with Gasteiger partial charge in [-0.3, -0.25) is 14.3 Å². The van der Waals surface area contributed by atoms with Gasteiger partial charge in [-0.25, -0.2) is 0 Å². The lowest BCUT2D eigenvalue weighted by atomic mass is 9.93. The van der Waals surface area contributed by atoms with Crippen molar-refractivity contribution in [3.05, 3.63) is 46.7 Å². The van der Waals surface area contributed by atoms with Crippen LogP contribution in [0, 0.1) is 0 Å². The standard InChI is InChI=1S/C18H21BrN4O3/c1-11(26-15-6-4-3-5-13(15)19)18(25)21-14-7-8-16(24)22-17(14)12-9-20-23(2)10-12/h3-6,9-11,14,17H,7-8H2,1-2H3,(H,21,25)(H,22,24)/t11-,14+,17-/m1/s1. The summed E-state index contributed by atoms with van der Waals surface area (Å²) in [6, 6.07) is 6.87. The topological polar surface area (TPSA) is 85.2 Å². The van der Waals surface area contributed by atoms with Gasteiger partial charge in [0.15, 0.2) is 6.10 Å². The fourth-order valence-corrected chi connectivity index (χ4v) is 3.33. The van der Waals surface area contributed by atoms with Crippen molar-refractivity contribution in [2.45, 2.75) is 38.0 Å². The van der Waals surface area contributed by atoms with Gasteiger partial charge in [-0.1, -0.05) is 12.1 Å². The number of benzene rings is 1. The number of halogens is 1. The number of rotatable bonds is 5. The molecule has 26 heavy (non-hydrogen) atoms. The van der Waals surface area contributed by atoms with E-state index in [1.165, 1.54) is 0 Å². The summed E-state index contributed by atoms with van der Waals surface area (Å²) >= 11 is 3.41. The van der Waals surface area contributed by atoms with E-state index in [1.54, 1.807) is 23.9 Å². The summed E-state index contributed by atoms with van der Waals surface area (Å²) in [5.74, 6) is 0.355. The van der Waals surface area contributed by atoms with Crippen LogP contribution in [0.1, 0.15) is 31.4 Å². The van der Waals surface area contributed by atoms with Crippen molar-refractivity contribution in [2.24, 2.45) is 7.05 Å². The Morgan fingerprint density at radius 3 is 2.92 bits per heavy atom. The summed E-state index contributed by atoms with van der Waals surface area (Å²) in [6.45, 7) is 1.70. The van der Waals surface area contributed by atoms with Gasteiger partial charge in [0.1, 0.15) is 5.75 Å². The highest BCUT2D eigenvalue weighted by molar-refractivity contribution is 9.10. The number of hydrogen-bond donors (Lipinski definition) is 2. The zero-order valence-corrected chi connectivity index (χ0v) is 16.2. The molecule has 1 fully saturated rings. The minimum Gasteiger partial charge on any atom is -0.480 e. The lowest BCUT2D eigenvalue weighted by molar-refractivity contribution is -0.130. The Morgan fingerprint density at radius 2 is 2.23 bits per heavy atom. The van der Waals surface area contributed by atoms with Gasteiger partial charge in [-0.05, 0) is 41.4 Å². The van der Waals surface area contributed by atoms with Crippen LogP contribution < -0.4 is 15.4 Å². The Balaban J connectivity index is 1.68. The zero-order chi connectivity index (χ0) is 18.7. The van der Waals surface area contributed by atoms with Gasteiger partial charge in [-0.2, -0.15) is 5.10 Å². The summed E-state index contributed by atoms with van der Waals surface area (Å²) in [7, 11) is 1.81. The number of nitrogens with zero attached hydrogens (tertiary/aromatic N) is 2. The maximum atomic E-state index is 12.6. The molecule has 0 spiro atoms. The first-order valence-corrected chi connectivity index (χ1v) is 9.23. The van der Waals surface area contributed by atoms with Crippen LogP contribution in [-0.4, -0.2) is 33.7 Å². The highest BCUT2D eigenvalue weighted by Crippen LogP contribution is 2.26. The number of aryl methyl sites for hydroxylation is 1. The Bertz CT molecular complexity index is 807. The Morgan fingerprint density at radius 1 is 1.46 bits per heavy atom. The Kier molecular flexibility index (Phi) is 5.61. The average molecular weight is 421 g/mol. The maximum Gasteiger partial charge on any atom is 0.261 e. The summed E-state index contributed by atoms with van der Waals surface area (Å²) < 4.78 is 8.22. The number of carbonyl (C=O) groups is 2. The average Bonchev–Trinajstić information content (AvgIpc) is 3.04. The van der Waals surface area contributed by atoms with Gasteiger partial charge in [-0.15, -0.1) is 0 Å². The second-order valence-corrected chi connectivity index (χ2v) is 7.19. The first kappa shape index (κ1) is 18.4. The van der Waals surface area contributed by atoms with E-state index in [0.717, 1.165) is 10.0 Å². The number of ether oxygens (including phenoxy) is 1. The van der Waals surface area contributed by atoms with Crippen LogP contribution in [0.5, 0.6) is 5.75 Å². The third-order valence-corrected chi connectivity index (χ3v) is 4.98. The van der Waals surface area contributed by atoms with E-state index in [4.69, 9.17) is 4.74 Å². The van der Waals surface area contributed by atoms with Gasteiger partial charge in [0.2, 0.25) is 5.91 Å². The first-order chi connectivity index (χ1) is 12.4. The molecule has 0 radical (unpaired) electrons. The van der Waals surface area contributed by atoms with Crippen LogP contribution >= 0.6 is 15.9 Å². The smallest absolute Gasteiger partial charge is 0.261 e. The fourth-order valence-electron chi connectivity index (χ4n) is 2.96. The van der Waals surface area contributed by atoms with Crippen LogP contribution in [0.3, 0.4) is 0 Å².